The minimum absolute atomic E-state index is 0.311. The second-order valence-electron chi connectivity index (χ2n) is 4.70. The third-order valence-corrected chi connectivity index (χ3v) is 4.11. The average molecular weight is 263 g/mol. The summed E-state index contributed by atoms with van der Waals surface area (Å²) in [5.74, 6) is 1.19. The van der Waals surface area contributed by atoms with Crippen molar-refractivity contribution in [3.63, 3.8) is 0 Å². The molecule has 0 bridgehead atoms. The molecule has 0 aromatic carbocycles. The van der Waals surface area contributed by atoms with E-state index in [9.17, 15) is 8.42 Å². The van der Waals surface area contributed by atoms with Crippen LogP contribution in [0.1, 0.15) is 46.5 Å². The first-order chi connectivity index (χ1) is 8.01. The van der Waals surface area contributed by atoms with Gasteiger partial charge in [-0.05, 0) is 31.8 Å². The van der Waals surface area contributed by atoms with E-state index in [1.54, 1.807) is 0 Å². The zero-order valence-electron chi connectivity index (χ0n) is 11.9. The highest BCUT2D eigenvalue weighted by atomic mass is 32.2. The van der Waals surface area contributed by atoms with Crippen molar-refractivity contribution in [2.45, 2.75) is 46.5 Å². The molecule has 1 heterocycles. The minimum Gasteiger partial charge on any atom is -0.302 e. The molecule has 0 radical (unpaired) electrons. The number of piperidine rings is 1. The van der Waals surface area contributed by atoms with Crippen LogP contribution in [0, 0.1) is 5.92 Å². The number of likely N-dealkylation sites (tertiary alicyclic amines) is 1. The second-order valence-corrected chi connectivity index (χ2v) is 6.96. The van der Waals surface area contributed by atoms with E-state index in [0.29, 0.717) is 5.75 Å². The number of hydrogen-bond acceptors (Lipinski definition) is 3. The molecule has 0 spiro atoms. The first kappa shape index (κ1) is 16.9. The van der Waals surface area contributed by atoms with E-state index in [2.05, 4.69) is 11.8 Å². The predicted molar refractivity (Wildman–Crippen MR) is 75.1 cm³/mol. The van der Waals surface area contributed by atoms with E-state index in [4.69, 9.17) is 0 Å². The summed E-state index contributed by atoms with van der Waals surface area (Å²) in [6.07, 6.45) is 6.42. The van der Waals surface area contributed by atoms with Gasteiger partial charge in [0.1, 0.15) is 9.84 Å². The highest BCUT2D eigenvalue weighted by Gasteiger charge is 2.18. The van der Waals surface area contributed by atoms with Gasteiger partial charge in [-0.25, -0.2) is 8.42 Å². The Kier molecular flexibility index (Phi) is 8.88. The van der Waals surface area contributed by atoms with Crippen molar-refractivity contribution < 1.29 is 8.42 Å². The molecule has 1 aliphatic rings. The van der Waals surface area contributed by atoms with E-state index in [1.165, 1.54) is 31.9 Å². The number of hydrogen-bond donors (Lipinski definition) is 0. The molecular weight excluding hydrogens is 234 g/mol. The fraction of sp³-hybridized carbons (Fsp3) is 1.00. The maximum Gasteiger partial charge on any atom is 0.148 e. The predicted octanol–water partition coefficient (Wildman–Crippen LogP) is 2.57. The van der Waals surface area contributed by atoms with Crippen LogP contribution >= 0.6 is 0 Å². The molecule has 3 nitrogen and oxygen atoms in total. The summed E-state index contributed by atoms with van der Waals surface area (Å²) < 4.78 is 22.0. The monoisotopic (exact) mass is 263 g/mol. The minimum atomic E-state index is -2.79. The molecule has 0 atom stereocenters. The molecule has 1 saturated heterocycles. The summed E-state index contributed by atoms with van der Waals surface area (Å²) in [5.41, 5.74) is 0. The first-order valence-electron chi connectivity index (χ1n) is 6.91. The van der Waals surface area contributed by atoms with E-state index in [-0.39, 0.29) is 0 Å². The van der Waals surface area contributed by atoms with Gasteiger partial charge in [0.05, 0.1) is 5.75 Å². The van der Waals surface area contributed by atoms with Crippen molar-refractivity contribution in [3.05, 3.63) is 0 Å². The van der Waals surface area contributed by atoms with Crippen molar-refractivity contribution in [1.82, 2.24) is 4.90 Å². The lowest BCUT2D eigenvalue weighted by Crippen LogP contribution is -2.36. The van der Waals surface area contributed by atoms with Gasteiger partial charge in [0, 0.05) is 12.8 Å². The lowest BCUT2D eigenvalue weighted by Gasteiger charge is -2.31. The van der Waals surface area contributed by atoms with Crippen LogP contribution in [0.5, 0.6) is 0 Å². The average Bonchev–Trinajstić information content (AvgIpc) is 2.30. The highest BCUT2D eigenvalue weighted by molar-refractivity contribution is 7.90. The Bertz CT molecular complexity index is 267. The second kappa shape index (κ2) is 8.92. The van der Waals surface area contributed by atoms with E-state index in [1.807, 2.05) is 13.8 Å². The van der Waals surface area contributed by atoms with Gasteiger partial charge in [-0.1, -0.05) is 33.6 Å². The van der Waals surface area contributed by atoms with Crippen molar-refractivity contribution in [1.29, 1.82) is 0 Å². The SMILES string of the molecule is CC.CCCC1CCN(CCS(C)(=O)=O)CC1. The Balaban J connectivity index is 0.00000121. The smallest absolute Gasteiger partial charge is 0.148 e. The quantitative estimate of drug-likeness (QED) is 0.765. The normalized spacial score (nSPS) is 18.6. The lowest BCUT2D eigenvalue weighted by molar-refractivity contribution is 0.187. The molecule has 4 heteroatoms. The van der Waals surface area contributed by atoms with Gasteiger partial charge in [0.25, 0.3) is 0 Å². The van der Waals surface area contributed by atoms with Gasteiger partial charge in [-0.15, -0.1) is 0 Å². The molecule has 0 amide bonds. The summed E-state index contributed by atoms with van der Waals surface area (Å²) >= 11 is 0. The maximum atomic E-state index is 11.0. The molecule has 17 heavy (non-hydrogen) atoms. The zero-order valence-corrected chi connectivity index (χ0v) is 12.7. The summed E-state index contributed by atoms with van der Waals surface area (Å²) in [6.45, 7) is 9.12. The number of nitrogens with zero attached hydrogens (tertiary/aromatic N) is 1. The van der Waals surface area contributed by atoms with Gasteiger partial charge in [0.15, 0.2) is 0 Å². The first-order valence-corrected chi connectivity index (χ1v) is 8.97. The lowest BCUT2D eigenvalue weighted by atomic mass is 9.93. The Morgan fingerprint density at radius 3 is 2.12 bits per heavy atom. The molecule has 0 N–H and O–H groups in total. The molecule has 0 aromatic rings. The Hall–Kier alpha value is -0.0900. The largest absolute Gasteiger partial charge is 0.302 e. The molecule has 0 unspecified atom stereocenters. The maximum absolute atomic E-state index is 11.0. The third kappa shape index (κ3) is 8.61. The molecule has 1 aliphatic heterocycles. The van der Waals surface area contributed by atoms with Crippen LogP contribution in [0.4, 0.5) is 0 Å². The Morgan fingerprint density at radius 2 is 1.71 bits per heavy atom. The van der Waals surface area contributed by atoms with E-state index < -0.39 is 9.84 Å². The van der Waals surface area contributed by atoms with Crippen LogP contribution in [0.2, 0.25) is 0 Å². The molecular formula is C13H29NO2S. The van der Waals surface area contributed by atoms with Gasteiger partial charge in [-0.3, -0.25) is 0 Å². The van der Waals surface area contributed by atoms with E-state index in [0.717, 1.165) is 25.6 Å². The van der Waals surface area contributed by atoms with Crippen molar-refractivity contribution in [2.75, 3.05) is 31.6 Å². The third-order valence-electron chi connectivity index (χ3n) is 3.18. The zero-order chi connectivity index (χ0) is 13.3. The number of rotatable bonds is 5. The molecule has 104 valence electrons. The van der Waals surface area contributed by atoms with Crippen molar-refractivity contribution in [3.8, 4) is 0 Å². The number of sulfone groups is 1. The standard InChI is InChI=1S/C11H23NO2S.C2H6/c1-3-4-11-5-7-12(8-6-11)9-10-15(2,13)14;1-2/h11H,3-10H2,1-2H3;1-2H3. The van der Waals surface area contributed by atoms with Gasteiger partial charge in [-0.2, -0.15) is 0 Å². The molecule has 0 aromatic heterocycles. The molecule has 1 fully saturated rings. The van der Waals surface area contributed by atoms with Crippen molar-refractivity contribution >= 4 is 9.84 Å². The van der Waals surface area contributed by atoms with E-state index >= 15 is 0 Å². The van der Waals surface area contributed by atoms with Gasteiger partial charge in [0.2, 0.25) is 0 Å². The molecule has 1 rings (SSSR count). The molecule has 0 saturated carbocycles. The highest BCUT2D eigenvalue weighted by Crippen LogP contribution is 2.21. The van der Waals surface area contributed by atoms with Crippen LogP contribution in [0.25, 0.3) is 0 Å². The van der Waals surface area contributed by atoms with Crippen LogP contribution in [-0.4, -0.2) is 45.0 Å². The summed E-state index contributed by atoms with van der Waals surface area (Å²) in [6, 6.07) is 0. The Morgan fingerprint density at radius 1 is 1.18 bits per heavy atom. The van der Waals surface area contributed by atoms with Gasteiger partial charge >= 0.3 is 0 Å². The van der Waals surface area contributed by atoms with Gasteiger partial charge < -0.3 is 4.90 Å². The summed E-state index contributed by atoms with van der Waals surface area (Å²) in [7, 11) is -2.79. The summed E-state index contributed by atoms with van der Waals surface area (Å²) in [5, 5.41) is 0. The fourth-order valence-corrected chi connectivity index (χ4v) is 2.79. The fourth-order valence-electron chi connectivity index (χ4n) is 2.20. The van der Waals surface area contributed by atoms with Crippen LogP contribution in [0.3, 0.4) is 0 Å². The van der Waals surface area contributed by atoms with Crippen molar-refractivity contribution in [2.24, 2.45) is 5.92 Å². The van der Waals surface area contributed by atoms with Crippen LogP contribution < -0.4 is 0 Å². The topological polar surface area (TPSA) is 37.4 Å². The van der Waals surface area contributed by atoms with Crippen LogP contribution in [-0.2, 0) is 9.84 Å². The Labute approximate surface area is 108 Å². The van der Waals surface area contributed by atoms with Crippen LogP contribution in [0.15, 0.2) is 0 Å². The summed E-state index contributed by atoms with van der Waals surface area (Å²) in [4.78, 5) is 2.28. The molecule has 0 aliphatic carbocycles.